The number of hydrazone groups is 1. The Hall–Kier alpha value is -3.08. The molecule has 0 bridgehead atoms. The zero-order valence-corrected chi connectivity index (χ0v) is 11.1. The van der Waals surface area contributed by atoms with E-state index < -0.39 is 0 Å². The lowest BCUT2D eigenvalue weighted by Gasteiger charge is -2.05. The van der Waals surface area contributed by atoms with Gasteiger partial charge in [-0.2, -0.15) is 5.10 Å². The van der Waals surface area contributed by atoms with Gasteiger partial charge in [0.15, 0.2) is 5.76 Å². The second-order valence-corrected chi connectivity index (χ2v) is 4.32. The van der Waals surface area contributed by atoms with Crippen molar-refractivity contribution in [2.45, 2.75) is 0 Å². The van der Waals surface area contributed by atoms with Crippen LogP contribution in [0, 0.1) is 0 Å². The smallest absolute Gasteiger partial charge is 0.307 e. The van der Waals surface area contributed by atoms with Gasteiger partial charge in [0.25, 0.3) is 0 Å². The van der Waals surface area contributed by atoms with E-state index in [-0.39, 0.29) is 11.7 Å². The topological polar surface area (TPSA) is 59.5 Å². The van der Waals surface area contributed by atoms with Crippen molar-refractivity contribution < 1.29 is 9.21 Å². The monoisotopic (exact) mass is 279 g/mol. The van der Waals surface area contributed by atoms with Crippen molar-refractivity contribution in [1.29, 1.82) is 0 Å². The van der Waals surface area contributed by atoms with Gasteiger partial charge in [-0.15, -0.1) is 0 Å². The van der Waals surface area contributed by atoms with Crippen molar-refractivity contribution in [3.63, 3.8) is 0 Å². The summed E-state index contributed by atoms with van der Waals surface area (Å²) in [6.45, 7) is 0. The molecular formula is C16H13N3O2. The first-order valence-corrected chi connectivity index (χ1v) is 6.44. The lowest BCUT2D eigenvalue weighted by molar-refractivity contribution is 0.0927. The number of hydrogen-bond acceptors (Lipinski definition) is 3. The summed E-state index contributed by atoms with van der Waals surface area (Å²) in [5, 5.41) is 3.95. The Bertz CT molecular complexity index is 743. The Morgan fingerprint density at radius 2 is 1.95 bits per heavy atom. The van der Waals surface area contributed by atoms with Crippen molar-refractivity contribution in [3.05, 3.63) is 78.5 Å². The van der Waals surface area contributed by atoms with Crippen LogP contribution in [0.15, 0.2) is 76.6 Å². The van der Waals surface area contributed by atoms with Crippen LogP contribution in [0.4, 0.5) is 0 Å². The molecule has 0 aliphatic carbocycles. The van der Waals surface area contributed by atoms with Crippen LogP contribution in [-0.2, 0) is 0 Å². The van der Waals surface area contributed by atoms with Gasteiger partial charge in [0.1, 0.15) is 0 Å². The van der Waals surface area contributed by atoms with Crippen LogP contribution in [0.2, 0.25) is 0 Å². The molecule has 2 heterocycles. The predicted octanol–water partition coefficient (Wildman–Crippen LogP) is 2.83. The number of rotatable bonds is 4. The van der Waals surface area contributed by atoms with E-state index in [4.69, 9.17) is 4.42 Å². The molecule has 0 unspecified atom stereocenters. The molecule has 1 N–H and O–H groups in total. The fourth-order valence-corrected chi connectivity index (χ4v) is 1.94. The van der Waals surface area contributed by atoms with Crippen LogP contribution in [0.25, 0.3) is 5.69 Å². The van der Waals surface area contributed by atoms with Gasteiger partial charge in [-0.3, -0.25) is 4.79 Å². The summed E-state index contributed by atoms with van der Waals surface area (Å²) in [5.74, 6) is -0.153. The molecule has 3 aromatic rings. The van der Waals surface area contributed by atoms with E-state index >= 15 is 0 Å². The minimum absolute atomic E-state index is 0.227. The van der Waals surface area contributed by atoms with E-state index in [2.05, 4.69) is 10.5 Å². The summed E-state index contributed by atoms with van der Waals surface area (Å²) in [6.07, 6.45) is 4.97. The van der Waals surface area contributed by atoms with Crippen molar-refractivity contribution in [2.24, 2.45) is 5.10 Å². The van der Waals surface area contributed by atoms with Crippen LogP contribution in [-0.4, -0.2) is 16.7 Å². The molecule has 21 heavy (non-hydrogen) atoms. The van der Waals surface area contributed by atoms with Crippen LogP contribution in [0.5, 0.6) is 0 Å². The Labute approximate surface area is 121 Å². The molecule has 0 aliphatic heterocycles. The highest BCUT2D eigenvalue weighted by molar-refractivity contribution is 5.92. The third-order valence-electron chi connectivity index (χ3n) is 2.92. The maximum atomic E-state index is 11.7. The molecule has 104 valence electrons. The quantitative estimate of drug-likeness (QED) is 0.589. The van der Waals surface area contributed by atoms with Gasteiger partial charge >= 0.3 is 5.91 Å². The van der Waals surface area contributed by atoms with E-state index in [1.54, 1.807) is 18.3 Å². The van der Waals surface area contributed by atoms with Gasteiger partial charge in [0.05, 0.1) is 18.2 Å². The molecule has 5 heteroatoms. The van der Waals surface area contributed by atoms with E-state index in [0.29, 0.717) is 0 Å². The molecule has 0 spiro atoms. The first-order chi connectivity index (χ1) is 10.3. The number of hydrogen-bond donors (Lipinski definition) is 1. The van der Waals surface area contributed by atoms with Gasteiger partial charge in [0.2, 0.25) is 0 Å². The fourth-order valence-electron chi connectivity index (χ4n) is 1.94. The number of carbonyl (C=O) groups is 1. The summed E-state index contributed by atoms with van der Waals surface area (Å²) in [5.41, 5.74) is 4.32. The number of nitrogens with zero attached hydrogens (tertiary/aromatic N) is 2. The SMILES string of the molecule is O=C(N/N=C/c1cccn1-c1ccccc1)c1ccco1. The highest BCUT2D eigenvalue weighted by Gasteiger charge is 2.06. The second-order valence-electron chi connectivity index (χ2n) is 4.32. The first kappa shape index (κ1) is 12.9. The van der Waals surface area contributed by atoms with Gasteiger partial charge < -0.3 is 8.98 Å². The van der Waals surface area contributed by atoms with Gasteiger partial charge in [0, 0.05) is 11.9 Å². The summed E-state index contributed by atoms with van der Waals surface area (Å²) in [6, 6.07) is 17.0. The molecule has 0 aliphatic rings. The number of nitrogens with one attached hydrogen (secondary N) is 1. The van der Waals surface area contributed by atoms with Crippen LogP contribution >= 0.6 is 0 Å². The molecule has 0 saturated carbocycles. The number of benzene rings is 1. The zero-order valence-electron chi connectivity index (χ0n) is 11.1. The molecule has 0 radical (unpaired) electrons. The van der Waals surface area contributed by atoms with Crippen molar-refractivity contribution >= 4 is 12.1 Å². The third kappa shape index (κ3) is 2.92. The standard InChI is InChI=1S/C16H13N3O2/c20-16(15-9-5-11-21-15)18-17-12-14-8-4-10-19(14)13-6-2-1-3-7-13/h1-12H,(H,18,20)/b17-12+. The van der Waals surface area contributed by atoms with Crippen LogP contribution < -0.4 is 5.43 Å². The van der Waals surface area contributed by atoms with Gasteiger partial charge in [-0.05, 0) is 36.4 Å². The van der Waals surface area contributed by atoms with E-state index in [0.717, 1.165) is 11.4 Å². The Balaban J connectivity index is 1.73. The van der Waals surface area contributed by atoms with Gasteiger partial charge in [-0.1, -0.05) is 18.2 Å². The minimum Gasteiger partial charge on any atom is -0.459 e. The number of furan rings is 1. The average Bonchev–Trinajstić information content (AvgIpc) is 3.20. The van der Waals surface area contributed by atoms with E-state index in [1.807, 2.05) is 53.2 Å². The highest BCUT2D eigenvalue weighted by Crippen LogP contribution is 2.10. The minimum atomic E-state index is -0.380. The molecule has 0 fully saturated rings. The van der Waals surface area contributed by atoms with Crippen LogP contribution in [0.3, 0.4) is 0 Å². The molecule has 0 atom stereocenters. The Morgan fingerprint density at radius 3 is 2.71 bits per heavy atom. The van der Waals surface area contributed by atoms with E-state index in [1.165, 1.54) is 6.26 Å². The summed E-state index contributed by atoms with van der Waals surface area (Å²) >= 11 is 0. The molecule has 2 aromatic heterocycles. The lowest BCUT2D eigenvalue weighted by atomic mass is 10.3. The third-order valence-corrected chi connectivity index (χ3v) is 2.92. The lowest BCUT2D eigenvalue weighted by Crippen LogP contribution is -2.17. The zero-order chi connectivity index (χ0) is 14.5. The second kappa shape index (κ2) is 5.92. The summed E-state index contributed by atoms with van der Waals surface area (Å²) < 4.78 is 6.96. The van der Waals surface area contributed by atoms with Crippen LogP contribution in [0.1, 0.15) is 16.2 Å². The Morgan fingerprint density at radius 1 is 1.10 bits per heavy atom. The van der Waals surface area contributed by atoms with Gasteiger partial charge in [-0.25, -0.2) is 5.43 Å². The summed E-state index contributed by atoms with van der Waals surface area (Å²) in [4.78, 5) is 11.7. The summed E-state index contributed by atoms with van der Waals surface area (Å²) in [7, 11) is 0. The van der Waals surface area contributed by atoms with Crippen molar-refractivity contribution in [2.75, 3.05) is 0 Å². The molecule has 5 nitrogen and oxygen atoms in total. The number of carbonyl (C=O) groups excluding carboxylic acids is 1. The molecular weight excluding hydrogens is 266 g/mol. The maximum absolute atomic E-state index is 11.7. The molecule has 1 aromatic carbocycles. The molecule has 1 amide bonds. The fraction of sp³-hybridized carbons (Fsp3) is 0. The number of amides is 1. The average molecular weight is 279 g/mol. The molecule has 3 rings (SSSR count). The van der Waals surface area contributed by atoms with Crippen molar-refractivity contribution in [1.82, 2.24) is 9.99 Å². The Kier molecular flexibility index (Phi) is 3.64. The normalized spacial score (nSPS) is 10.9. The highest BCUT2D eigenvalue weighted by atomic mass is 16.3. The number of para-hydroxylation sites is 1. The molecule has 0 saturated heterocycles. The predicted molar refractivity (Wildman–Crippen MR) is 79.5 cm³/mol. The largest absolute Gasteiger partial charge is 0.459 e. The maximum Gasteiger partial charge on any atom is 0.307 e. The first-order valence-electron chi connectivity index (χ1n) is 6.44. The van der Waals surface area contributed by atoms with E-state index in [9.17, 15) is 4.79 Å². The number of aromatic nitrogens is 1. The van der Waals surface area contributed by atoms with Crippen molar-refractivity contribution in [3.8, 4) is 5.69 Å².